The second-order valence-corrected chi connectivity index (χ2v) is 9.01. The van der Waals surface area contributed by atoms with Gasteiger partial charge in [0.05, 0.1) is 19.8 Å². The summed E-state index contributed by atoms with van der Waals surface area (Å²) < 4.78 is 22.9. The molecule has 190 valence electrons. The van der Waals surface area contributed by atoms with E-state index in [0.717, 1.165) is 12.8 Å². The van der Waals surface area contributed by atoms with E-state index in [0.29, 0.717) is 39.5 Å². The lowest BCUT2D eigenvalue weighted by Crippen LogP contribution is -2.62. The van der Waals surface area contributed by atoms with Crippen LogP contribution < -0.4 is 0 Å². The number of nitrogens with zero attached hydrogens (tertiary/aromatic N) is 1. The Morgan fingerprint density at radius 2 is 1.56 bits per heavy atom. The van der Waals surface area contributed by atoms with Crippen molar-refractivity contribution in [3.8, 4) is 0 Å². The van der Waals surface area contributed by atoms with Crippen molar-refractivity contribution in [1.82, 2.24) is 4.90 Å². The fourth-order valence-corrected chi connectivity index (χ4v) is 4.64. The zero-order valence-electron chi connectivity index (χ0n) is 20.3. The minimum atomic E-state index is -1.97. The Hall–Kier alpha value is -0.320. The molecular weight excluding hydrogens is 414 g/mol. The summed E-state index contributed by atoms with van der Waals surface area (Å²) in [5.41, 5.74) is 0. The predicted octanol–water partition coefficient (Wildman–Crippen LogP) is 2.43. The van der Waals surface area contributed by atoms with Gasteiger partial charge in [0, 0.05) is 26.3 Å². The Balaban J connectivity index is 1.82. The van der Waals surface area contributed by atoms with Gasteiger partial charge in [-0.2, -0.15) is 0 Å². The van der Waals surface area contributed by atoms with Crippen LogP contribution in [0.4, 0.5) is 0 Å². The van der Waals surface area contributed by atoms with Crippen LogP contribution in [0.3, 0.4) is 0 Å². The number of hydrogen-bond donors (Lipinski definition) is 3. The lowest BCUT2D eigenvalue weighted by atomic mass is 10.0. The molecule has 2 fully saturated rings. The summed E-state index contributed by atoms with van der Waals surface area (Å²) in [5, 5.41) is 31.9. The van der Waals surface area contributed by atoms with Gasteiger partial charge in [-0.15, -0.1) is 0 Å². The molecular formula is C24H47NO7. The second-order valence-electron chi connectivity index (χ2n) is 9.01. The Morgan fingerprint density at radius 1 is 0.969 bits per heavy atom. The van der Waals surface area contributed by atoms with Crippen LogP contribution in [0.2, 0.25) is 0 Å². The third-order valence-electron chi connectivity index (χ3n) is 6.49. The molecule has 2 aliphatic rings. The molecule has 32 heavy (non-hydrogen) atoms. The fourth-order valence-electron chi connectivity index (χ4n) is 4.64. The standard InChI is InChI=1S/C24H47NO7/c1-3-5-6-7-8-9-10-11-12-13-16-31-23(25-14-17-29-18-15-25)24(28)22(27)21(30-4-2)20(19-26)32-24/h20-23,26-28H,3-19H2,1-2H3/t20-,21+,22-,23?,24-/m0/s1. The predicted molar refractivity (Wildman–Crippen MR) is 122 cm³/mol. The normalized spacial score (nSPS) is 30.1. The lowest BCUT2D eigenvalue weighted by Gasteiger charge is -2.42. The van der Waals surface area contributed by atoms with Crippen molar-refractivity contribution in [2.24, 2.45) is 0 Å². The first-order valence-electron chi connectivity index (χ1n) is 12.8. The first kappa shape index (κ1) is 27.9. The van der Waals surface area contributed by atoms with E-state index >= 15 is 0 Å². The minimum Gasteiger partial charge on any atom is -0.394 e. The summed E-state index contributed by atoms with van der Waals surface area (Å²) >= 11 is 0. The summed E-state index contributed by atoms with van der Waals surface area (Å²) in [5.74, 6) is -1.97. The van der Waals surface area contributed by atoms with Gasteiger partial charge in [-0.05, 0) is 13.3 Å². The maximum atomic E-state index is 11.4. The van der Waals surface area contributed by atoms with Crippen LogP contribution in [0.5, 0.6) is 0 Å². The highest BCUT2D eigenvalue weighted by Gasteiger charge is 2.60. The van der Waals surface area contributed by atoms with Gasteiger partial charge in [0.15, 0.2) is 6.23 Å². The average molecular weight is 462 g/mol. The van der Waals surface area contributed by atoms with Crippen LogP contribution in [0.1, 0.15) is 78.1 Å². The Morgan fingerprint density at radius 3 is 2.12 bits per heavy atom. The summed E-state index contributed by atoms with van der Waals surface area (Å²) in [7, 11) is 0. The molecule has 0 bridgehead atoms. The molecule has 2 heterocycles. The van der Waals surface area contributed by atoms with Gasteiger partial charge >= 0.3 is 0 Å². The topological polar surface area (TPSA) is 101 Å². The van der Waals surface area contributed by atoms with Crippen molar-refractivity contribution >= 4 is 0 Å². The zero-order valence-corrected chi connectivity index (χ0v) is 20.3. The van der Waals surface area contributed by atoms with Gasteiger partial charge < -0.3 is 34.3 Å². The van der Waals surface area contributed by atoms with E-state index < -0.39 is 30.3 Å². The van der Waals surface area contributed by atoms with Crippen molar-refractivity contribution in [3.05, 3.63) is 0 Å². The van der Waals surface area contributed by atoms with E-state index in [2.05, 4.69) is 6.92 Å². The molecule has 2 aliphatic heterocycles. The van der Waals surface area contributed by atoms with Crippen LogP contribution in [-0.4, -0.2) is 96.7 Å². The molecule has 8 nitrogen and oxygen atoms in total. The van der Waals surface area contributed by atoms with Gasteiger partial charge in [0.1, 0.15) is 18.3 Å². The van der Waals surface area contributed by atoms with Gasteiger partial charge in [0.25, 0.3) is 0 Å². The zero-order chi connectivity index (χ0) is 23.2. The van der Waals surface area contributed by atoms with Crippen LogP contribution in [-0.2, 0) is 18.9 Å². The lowest BCUT2D eigenvalue weighted by molar-refractivity contribution is -0.322. The van der Waals surface area contributed by atoms with Crippen LogP contribution in [0, 0.1) is 0 Å². The highest BCUT2D eigenvalue weighted by atomic mass is 16.7. The Kier molecular flexibility index (Phi) is 13.6. The first-order valence-corrected chi connectivity index (χ1v) is 12.8. The molecule has 2 saturated heterocycles. The second kappa shape index (κ2) is 15.6. The van der Waals surface area contributed by atoms with Gasteiger partial charge in [-0.1, -0.05) is 64.7 Å². The molecule has 0 spiro atoms. The van der Waals surface area contributed by atoms with E-state index in [1.807, 2.05) is 4.90 Å². The van der Waals surface area contributed by atoms with Crippen molar-refractivity contribution in [3.63, 3.8) is 0 Å². The maximum absolute atomic E-state index is 11.4. The fraction of sp³-hybridized carbons (Fsp3) is 1.00. The average Bonchev–Trinajstić information content (AvgIpc) is 3.06. The molecule has 0 amide bonds. The van der Waals surface area contributed by atoms with Crippen molar-refractivity contribution in [2.45, 2.75) is 108 Å². The number of ether oxygens (including phenoxy) is 4. The summed E-state index contributed by atoms with van der Waals surface area (Å²) in [6.07, 6.45) is 8.56. The van der Waals surface area contributed by atoms with E-state index in [1.165, 1.54) is 51.4 Å². The number of aliphatic hydroxyl groups is 3. The first-order chi connectivity index (χ1) is 15.6. The van der Waals surface area contributed by atoms with Gasteiger partial charge in [0.2, 0.25) is 5.79 Å². The molecule has 2 rings (SSSR count). The minimum absolute atomic E-state index is 0.347. The van der Waals surface area contributed by atoms with Crippen molar-refractivity contribution in [2.75, 3.05) is 46.1 Å². The van der Waals surface area contributed by atoms with Crippen LogP contribution in [0.15, 0.2) is 0 Å². The van der Waals surface area contributed by atoms with E-state index in [-0.39, 0.29) is 6.61 Å². The highest BCUT2D eigenvalue weighted by molar-refractivity contribution is 5.00. The molecule has 0 radical (unpaired) electrons. The largest absolute Gasteiger partial charge is 0.394 e. The Labute approximate surface area is 194 Å². The number of rotatable bonds is 17. The smallest absolute Gasteiger partial charge is 0.236 e. The van der Waals surface area contributed by atoms with Crippen molar-refractivity contribution in [1.29, 1.82) is 0 Å². The molecule has 0 aromatic rings. The Bertz CT molecular complexity index is 477. The third kappa shape index (κ3) is 8.17. The van der Waals surface area contributed by atoms with E-state index in [9.17, 15) is 15.3 Å². The molecule has 0 aromatic heterocycles. The highest BCUT2D eigenvalue weighted by Crippen LogP contribution is 2.36. The number of aliphatic hydroxyl groups excluding tert-OH is 2. The third-order valence-corrected chi connectivity index (χ3v) is 6.49. The molecule has 0 aliphatic carbocycles. The monoisotopic (exact) mass is 461 g/mol. The number of unbranched alkanes of at least 4 members (excludes halogenated alkanes) is 9. The van der Waals surface area contributed by atoms with Gasteiger partial charge in [-0.3, -0.25) is 4.90 Å². The van der Waals surface area contributed by atoms with Crippen molar-refractivity contribution < 1.29 is 34.3 Å². The molecule has 0 aromatic carbocycles. The number of morpholine rings is 1. The summed E-state index contributed by atoms with van der Waals surface area (Å²) in [6, 6.07) is 0. The van der Waals surface area contributed by atoms with E-state index in [1.54, 1.807) is 6.92 Å². The molecule has 8 heteroatoms. The molecule has 1 unspecified atom stereocenters. The number of hydrogen-bond acceptors (Lipinski definition) is 8. The molecule has 0 saturated carbocycles. The molecule has 5 atom stereocenters. The maximum Gasteiger partial charge on any atom is 0.236 e. The summed E-state index contributed by atoms with van der Waals surface area (Å²) in [4.78, 5) is 1.95. The van der Waals surface area contributed by atoms with Gasteiger partial charge in [-0.25, -0.2) is 0 Å². The molecule has 3 N–H and O–H groups in total. The van der Waals surface area contributed by atoms with Crippen LogP contribution >= 0.6 is 0 Å². The summed E-state index contributed by atoms with van der Waals surface area (Å²) in [6.45, 7) is 6.73. The SMILES string of the molecule is CCCCCCCCCCCCOC(N1CCOCC1)[C@@]1(O)O[C@@H](CO)[C@@H](OCC)[C@@H]1O. The quantitative estimate of drug-likeness (QED) is 0.284. The van der Waals surface area contributed by atoms with Crippen LogP contribution in [0.25, 0.3) is 0 Å². The van der Waals surface area contributed by atoms with E-state index in [4.69, 9.17) is 18.9 Å².